The first-order chi connectivity index (χ1) is 6.97. The van der Waals surface area contributed by atoms with Crippen molar-refractivity contribution in [1.29, 1.82) is 5.26 Å². The molecule has 0 aliphatic carbocycles. The predicted molar refractivity (Wildman–Crippen MR) is 52.3 cm³/mol. The van der Waals surface area contributed by atoms with E-state index in [0.29, 0.717) is 12.4 Å². The summed E-state index contributed by atoms with van der Waals surface area (Å²) in [6.45, 7) is 3.50. The quantitative estimate of drug-likeness (QED) is 0.773. The second-order valence-electron chi connectivity index (χ2n) is 3.83. The topological polar surface area (TPSA) is 85.7 Å². The SMILES string of the molecule is CN(Cc1ncn[nH]1)C(=O)C(C)(C)C#N. The molecule has 1 rings (SSSR count). The molecule has 0 spiro atoms. The van der Waals surface area contributed by atoms with E-state index in [1.165, 1.54) is 11.2 Å². The molecule has 1 aromatic rings. The Morgan fingerprint density at radius 1 is 1.73 bits per heavy atom. The third-order valence-corrected chi connectivity index (χ3v) is 2.01. The van der Waals surface area contributed by atoms with Gasteiger partial charge in [-0.3, -0.25) is 9.89 Å². The number of nitriles is 1. The molecule has 6 nitrogen and oxygen atoms in total. The van der Waals surface area contributed by atoms with Gasteiger partial charge < -0.3 is 4.90 Å². The van der Waals surface area contributed by atoms with Gasteiger partial charge in [0.2, 0.25) is 5.91 Å². The third kappa shape index (κ3) is 2.53. The number of nitrogens with one attached hydrogen (secondary N) is 1. The highest BCUT2D eigenvalue weighted by atomic mass is 16.2. The smallest absolute Gasteiger partial charge is 0.242 e. The van der Waals surface area contributed by atoms with Crippen LogP contribution in [0.25, 0.3) is 0 Å². The van der Waals surface area contributed by atoms with Crippen molar-refractivity contribution in [2.24, 2.45) is 5.41 Å². The van der Waals surface area contributed by atoms with E-state index in [2.05, 4.69) is 15.2 Å². The first-order valence-electron chi connectivity index (χ1n) is 4.48. The Balaban J connectivity index is 2.67. The number of carbonyl (C=O) groups is 1. The van der Waals surface area contributed by atoms with Gasteiger partial charge in [-0.25, -0.2) is 4.98 Å². The molecule has 0 radical (unpaired) electrons. The zero-order valence-electron chi connectivity index (χ0n) is 8.98. The summed E-state index contributed by atoms with van der Waals surface area (Å²) in [5.41, 5.74) is -1.01. The zero-order valence-corrected chi connectivity index (χ0v) is 8.98. The van der Waals surface area contributed by atoms with E-state index >= 15 is 0 Å². The zero-order chi connectivity index (χ0) is 11.5. The molecule has 0 unspecified atom stereocenters. The molecule has 1 heterocycles. The van der Waals surface area contributed by atoms with Gasteiger partial charge in [0.1, 0.15) is 17.6 Å². The number of aromatic nitrogens is 3. The summed E-state index contributed by atoms with van der Waals surface area (Å²) in [4.78, 5) is 17.1. The Labute approximate surface area is 87.9 Å². The van der Waals surface area contributed by atoms with Gasteiger partial charge in [0, 0.05) is 7.05 Å². The molecule has 0 aliphatic rings. The maximum Gasteiger partial charge on any atom is 0.242 e. The Morgan fingerprint density at radius 3 is 2.87 bits per heavy atom. The molecule has 0 aromatic carbocycles. The maximum atomic E-state index is 11.8. The van der Waals surface area contributed by atoms with Crippen LogP contribution < -0.4 is 0 Å². The van der Waals surface area contributed by atoms with E-state index in [1.54, 1.807) is 20.9 Å². The normalized spacial score (nSPS) is 10.8. The molecule has 1 N–H and O–H groups in total. The van der Waals surface area contributed by atoms with Crippen LogP contribution in [0.15, 0.2) is 6.33 Å². The summed E-state index contributed by atoms with van der Waals surface area (Å²) in [6.07, 6.45) is 1.38. The maximum absolute atomic E-state index is 11.8. The fourth-order valence-corrected chi connectivity index (χ4v) is 1.13. The summed E-state index contributed by atoms with van der Waals surface area (Å²) < 4.78 is 0. The molecule has 0 bridgehead atoms. The first kappa shape index (κ1) is 11.2. The van der Waals surface area contributed by atoms with Crippen LogP contribution in [0.3, 0.4) is 0 Å². The summed E-state index contributed by atoms with van der Waals surface area (Å²) in [5, 5.41) is 15.1. The van der Waals surface area contributed by atoms with Crippen LogP contribution in [0, 0.1) is 16.7 Å². The van der Waals surface area contributed by atoms with Crippen LogP contribution in [0.5, 0.6) is 0 Å². The molecule has 80 valence electrons. The van der Waals surface area contributed by atoms with Gasteiger partial charge in [0.25, 0.3) is 0 Å². The van der Waals surface area contributed by atoms with Gasteiger partial charge in [-0.1, -0.05) is 0 Å². The minimum absolute atomic E-state index is 0.235. The van der Waals surface area contributed by atoms with Crippen molar-refractivity contribution < 1.29 is 4.79 Å². The monoisotopic (exact) mass is 207 g/mol. The number of hydrogen-bond acceptors (Lipinski definition) is 4. The van der Waals surface area contributed by atoms with Crippen LogP contribution in [-0.2, 0) is 11.3 Å². The second-order valence-corrected chi connectivity index (χ2v) is 3.83. The highest BCUT2D eigenvalue weighted by molar-refractivity contribution is 5.84. The van der Waals surface area contributed by atoms with Gasteiger partial charge in [-0.2, -0.15) is 10.4 Å². The lowest BCUT2D eigenvalue weighted by Crippen LogP contribution is -2.37. The number of H-pyrrole nitrogens is 1. The molecule has 0 aliphatic heterocycles. The van der Waals surface area contributed by atoms with Crippen LogP contribution in [0.4, 0.5) is 0 Å². The fourth-order valence-electron chi connectivity index (χ4n) is 1.13. The minimum Gasteiger partial charge on any atom is -0.337 e. The molecule has 0 saturated heterocycles. The lowest BCUT2D eigenvalue weighted by Gasteiger charge is -2.22. The van der Waals surface area contributed by atoms with E-state index in [1.807, 2.05) is 6.07 Å². The van der Waals surface area contributed by atoms with Crippen molar-refractivity contribution in [1.82, 2.24) is 20.1 Å². The summed E-state index contributed by atoms with van der Waals surface area (Å²) in [5.74, 6) is 0.362. The van der Waals surface area contributed by atoms with Crippen LogP contribution >= 0.6 is 0 Å². The van der Waals surface area contributed by atoms with Crippen LogP contribution in [0.2, 0.25) is 0 Å². The van der Waals surface area contributed by atoms with E-state index in [-0.39, 0.29) is 5.91 Å². The van der Waals surface area contributed by atoms with Gasteiger partial charge >= 0.3 is 0 Å². The number of nitrogens with zero attached hydrogens (tertiary/aromatic N) is 4. The number of carbonyl (C=O) groups excluding carboxylic acids is 1. The van der Waals surface area contributed by atoms with E-state index < -0.39 is 5.41 Å². The molecular weight excluding hydrogens is 194 g/mol. The molecular formula is C9H13N5O. The lowest BCUT2D eigenvalue weighted by atomic mass is 9.94. The van der Waals surface area contributed by atoms with E-state index in [9.17, 15) is 4.79 Å². The Kier molecular flexibility index (Phi) is 3.04. The molecule has 0 atom stereocenters. The molecule has 1 amide bonds. The highest BCUT2D eigenvalue weighted by Gasteiger charge is 2.30. The molecule has 1 aromatic heterocycles. The molecule has 0 fully saturated rings. The summed E-state index contributed by atoms with van der Waals surface area (Å²) in [7, 11) is 1.63. The van der Waals surface area contributed by atoms with Crippen molar-refractivity contribution in [2.45, 2.75) is 20.4 Å². The number of amides is 1. The van der Waals surface area contributed by atoms with Gasteiger partial charge in [-0.15, -0.1) is 0 Å². The van der Waals surface area contributed by atoms with Crippen molar-refractivity contribution in [3.8, 4) is 6.07 Å². The Hall–Kier alpha value is -1.90. The predicted octanol–water partition coefficient (Wildman–Crippen LogP) is 0.313. The van der Waals surface area contributed by atoms with Crippen molar-refractivity contribution in [3.05, 3.63) is 12.2 Å². The van der Waals surface area contributed by atoms with E-state index in [4.69, 9.17) is 5.26 Å². The first-order valence-corrected chi connectivity index (χ1v) is 4.48. The highest BCUT2D eigenvalue weighted by Crippen LogP contribution is 2.17. The van der Waals surface area contributed by atoms with Gasteiger partial charge in [0.05, 0.1) is 12.6 Å². The third-order valence-electron chi connectivity index (χ3n) is 2.01. The molecule has 6 heteroatoms. The van der Waals surface area contributed by atoms with Crippen molar-refractivity contribution >= 4 is 5.91 Å². The second kappa shape index (κ2) is 4.09. The summed E-state index contributed by atoms with van der Waals surface area (Å²) >= 11 is 0. The lowest BCUT2D eigenvalue weighted by molar-refractivity contribution is -0.136. The molecule has 0 saturated carbocycles. The van der Waals surface area contributed by atoms with E-state index in [0.717, 1.165) is 0 Å². The number of hydrogen-bond donors (Lipinski definition) is 1. The summed E-state index contributed by atoms with van der Waals surface area (Å²) in [6, 6.07) is 1.96. The average molecular weight is 207 g/mol. The minimum atomic E-state index is -1.01. The fraction of sp³-hybridized carbons (Fsp3) is 0.556. The molecule has 15 heavy (non-hydrogen) atoms. The van der Waals surface area contributed by atoms with Gasteiger partial charge in [-0.05, 0) is 13.8 Å². The van der Waals surface area contributed by atoms with Gasteiger partial charge in [0.15, 0.2) is 0 Å². The standard InChI is InChI=1S/C9H13N5O/c1-9(2,5-10)8(15)14(3)4-7-11-6-12-13-7/h6H,4H2,1-3H3,(H,11,12,13). The van der Waals surface area contributed by atoms with Crippen LogP contribution in [-0.4, -0.2) is 33.0 Å². The van der Waals surface area contributed by atoms with Crippen molar-refractivity contribution in [2.75, 3.05) is 7.05 Å². The Bertz CT molecular complexity index is 376. The average Bonchev–Trinajstić information content (AvgIpc) is 2.69. The van der Waals surface area contributed by atoms with Crippen LogP contribution in [0.1, 0.15) is 19.7 Å². The number of rotatable bonds is 3. The van der Waals surface area contributed by atoms with Crippen molar-refractivity contribution in [3.63, 3.8) is 0 Å². The largest absolute Gasteiger partial charge is 0.337 e. The number of aromatic amines is 1. The Morgan fingerprint density at radius 2 is 2.40 bits per heavy atom.